The smallest absolute Gasteiger partial charge is 0.262 e. The molecular weight excluding hydrogens is 362 g/mol. The van der Waals surface area contributed by atoms with Gasteiger partial charge in [-0.3, -0.25) is 14.2 Å². The van der Waals surface area contributed by atoms with Crippen LogP contribution in [0.25, 0.3) is 10.2 Å². The molecule has 0 fully saturated rings. The Morgan fingerprint density at radius 1 is 1.22 bits per heavy atom. The SMILES string of the molecule is Cn1ccnc1[C@H](NC(=O)Cn1cnc2sccc2c1=O)c1ccccc1. The van der Waals surface area contributed by atoms with Gasteiger partial charge in [-0.2, -0.15) is 0 Å². The molecule has 0 bridgehead atoms. The average molecular weight is 379 g/mol. The minimum atomic E-state index is -0.410. The van der Waals surface area contributed by atoms with Crippen molar-refractivity contribution >= 4 is 27.5 Å². The molecule has 4 aromatic rings. The largest absolute Gasteiger partial charge is 0.341 e. The lowest BCUT2D eigenvalue weighted by Crippen LogP contribution is -2.36. The van der Waals surface area contributed by atoms with Crippen LogP contribution in [0.4, 0.5) is 0 Å². The number of thiophene rings is 1. The summed E-state index contributed by atoms with van der Waals surface area (Å²) in [7, 11) is 1.88. The summed E-state index contributed by atoms with van der Waals surface area (Å²) in [6, 6.07) is 10.9. The van der Waals surface area contributed by atoms with Gasteiger partial charge in [0.15, 0.2) is 0 Å². The Morgan fingerprint density at radius 2 is 2.04 bits per heavy atom. The van der Waals surface area contributed by atoms with E-state index in [9.17, 15) is 9.59 Å². The van der Waals surface area contributed by atoms with Crippen molar-refractivity contribution in [2.75, 3.05) is 0 Å². The summed E-state index contributed by atoms with van der Waals surface area (Å²) in [5.74, 6) is 0.429. The standard InChI is InChI=1S/C19H17N5O2S/c1-23-9-8-20-17(23)16(13-5-3-2-4-6-13)22-15(25)11-24-12-21-18-14(19(24)26)7-10-27-18/h2-10,12,16H,11H2,1H3,(H,22,25)/t16-/m1/s1. The maximum atomic E-state index is 12.7. The number of aryl methyl sites for hydroxylation is 1. The van der Waals surface area contributed by atoms with E-state index in [2.05, 4.69) is 15.3 Å². The first-order chi connectivity index (χ1) is 13.1. The third-order valence-corrected chi connectivity index (χ3v) is 5.14. The lowest BCUT2D eigenvalue weighted by molar-refractivity contribution is -0.122. The maximum Gasteiger partial charge on any atom is 0.262 e. The molecule has 1 atom stereocenters. The molecule has 1 aromatic carbocycles. The summed E-state index contributed by atoms with van der Waals surface area (Å²) in [4.78, 5) is 34.5. The van der Waals surface area contributed by atoms with Gasteiger partial charge in [0.2, 0.25) is 5.91 Å². The van der Waals surface area contributed by atoms with Crippen molar-refractivity contribution in [1.29, 1.82) is 0 Å². The molecule has 1 N–H and O–H groups in total. The van der Waals surface area contributed by atoms with Crippen LogP contribution >= 0.6 is 11.3 Å². The predicted molar refractivity (Wildman–Crippen MR) is 104 cm³/mol. The van der Waals surface area contributed by atoms with Crippen molar-refractivity contribution in [3.05, 3.63) is 82.2 Å². The fraction of sp³-hybridized carbons (Fsp3) is 0.158. The molecule has 4 rings (SSSR count). The number of aromatic nitrogens is 4. The van der Waals surface area contributed by atoms with E-state index < -0.39 is 6.04 Å². The van der Waals surface area contributed by atoms with Gasteiger partial charge in [0, 0.05) is 19.4 Å². The highest BCUT2D eigenvalue weighted by Gasteiger charge is 2.21. The van der Waals surface area contributed by atoms with Crippen molar-refractivity contribution in [2.45, 2.75) is 12.6 Å². The molecule has 1 amide bonds. The normalized spacial score (nSPS) is 12.2. The molecule has 27 heavy (non-hydrogen) atoms. The zero-order valence-electron chi connectivity index (χ0n) is 14.6. The zero-order chi connectivity index (χ0) is 18.8. The monoisotopic (exact) mass is 379 g/mol. The first kappa shape index (κ1) is 17.2. The summed E-state index contributed by atoms with van der Waals surface area (Å²) in [5.41, 5.74) is 0.698. The van der Waals surface area contributed by atoms with E-state index in [4.69, 9.17) is 0 Å². The number of rotatable bonds is 5. The highest BCUT2D eigenvalue weighted by atomic mass is 32.1. The highest BCUT2D eigenvalue weighted by molar-refractivity contribution is 7.16. The molecule has 0 aliphatic carbocycles. The quantitative estimate of drug-likeness (QED) is 0.576. The first-order valence-electron chi connectivity index (χ1n) is 8.37. The Labute approximate surface area is 158 Å². The summed E-state index contributed by atoms with van der Waals surface area (Å²) in [6.07, 6.45) is 4.94. The van der Waals surface area contributed by atoms with Gasteiger partial charge >= 0.3 is 0 Å². The number of hydrogen-bond donors (Lipinski definition) is 1. The molecule has 0 saturated heterocycles. The highest BCUT2D eigenvalue weighted by Crippen LogP contribution is 2.20. The first-order valence-corrected chi connectivity index (χ1v) is 9.25. The van der Waals surface area contributed by atoms with Gasteiger partial charge in [-0.15, -0.1) is 11.3 Å². The fourth-order valence-corrected chi connectivity index (χ4v) is 3.69. The van der Waals surface area contributed by atoms with E-state index in [-0.39, 0.29) is 18.0 Å². The molecule has 0 saturated carbocycles. The van der Waals surface area contributed by atoms with Crippen LogP contribution in [0.3, 0.4) is 0 Å². The molecule has 7 nitrogen and oxygen atoms in total. The van der Waals surface area contributed by atoms with E-state index >= 15 is 0 Å². The second-order valence-electron chi connectivity index (χ2n) is 6.12. The van der Waals surface area contributed by atoms with Crippen molar-refractivity contribution in [3.8, 4) is 0 Å². The Balaban J connectivity index is 1.61. The van der Waals surface area contributed by atoms with Crippen LogP contribution in [0.1, 0.15) is 17.4 Å². The maximum absolute atomic E-state index is 12.7. The number of amides is 1. The minimum Gasteiger partial charge on any atom is -0.341 e. The molecule has 3 heterocycles. The van der Waals surface area contributed by atoms with Crippen LogP contribution in [-0.2, 0) is 18.4 Å². The van der Waals surface area contributed by atoms with E-state index in [0.717, 1.165) is 5.56 Å². The third-order valence-electron chi connectivity index (χ3n) is 4.32. The molecule has 0 aliphatic heterocycles. The number of carbonyl (C=O) groups is 1. The van der Waals surface area contributed by atoms with E-state index in [0.29, 0.717) is 16.0 Å². The molecule has 0 unspecified atom stereocenters. The van der Waals surface area contributed by atoms with E-state index in [1.807, 2.05) is 53.5 Å². The van der Waals surface area contributed by atoms with Crippen molar-refractivity contribution < 1.29 is 4.79 Å². The average Bonchev–Trinajstić information content (AvgIpc) is 3.32. The number of imidazole rings is 1. The van der Waals surface area contributed by atoms with Crippen LogP contribution in [0.5, 0.6) is 0 Å². The summed E-state index contributed by atoms with van der Waals surface area (Å²) >= 11 is 1.40. The molecule has 136 valence electrons. The lowest BCUT2D eigenvalue weighted by atomic mass is 10.1. The zero-order valence-corrected chi connectivity index (χ0v) is 15.4. The second kappa shape index (κ2) is 7.16. The topological polar surface area (TPSA) is 81.8 Å². The van der Waals surface area contributed by atoms with Gasteiger partial charge in [0.1, 0.15) is 23.2 Å². The second-order valence-corrected chi connectivity index (χ2v) is 7.02. The Bertz CT molecular complexity index is 1150. The summed E-state index contributed by atoms with van der Waals surface area (Å²) < 4.78 is 3.19. The molecule has 0 radical (unpaired) electrons. The van der Waals surface area contributed by atoms with Crippen LogP contribution in [0.15, 0.2) is 65.3 Å². The number of carbonyl (C=O) groups excluding carboxylic acids is 1. The van der Waals surface area contributed by atoms with Crippen LogP contribution in [0, 0.1) is 0 Å². The third kappa shape index (κ3) is 3.39. The predicted octanol–water partition coefficient (Wildman–Crippen LogP) is 2.10. The molecule has 8 heteroatoms. The minimum absolute atomic E-state index is 0.106. The Hall–Kier alpha value is -3.26. The van der Waals surface area contributed by atoms with E-state index in [1.54, 1.807) is 12.3 Å². The Kier molecular flexibility index (Phi) is 4.55. The van der Waals surface area contributed by atoms with Gasteiger partial charge in [0.25, 0.3) is 5.56 Å². The van der Waals surface area contributed by atoms with Crippen LogP contribution in [-0.4, -0.2) is 25.0 Å². The van der Waals surface area contributed by atoms with Crippen molar-refractivity contribution in [2.24, 2.45) is 7.05 Å². The van der Waals surface area contributed by atoms with Crippen molar-refractivity contribution in [3.63, 3.8) is 0 Å². The van der Waals surface area contributed by atoms with Crippen molar-refractivity contribution in [1.82, 2.24) is 24.4 Å². The van der Waals surface area contributed by atoms with Gasteiger partial charge in [-0.25, -0.2) is 9.97 Å². The van der Waals surface area contributed by atoms with Gasteiger partial charge < -0.3 is 9.88 Å². The summed E-state index contributed by atoms with van der Waals surface area (Å²) in [5, 5.41) is 5.33. The fourth-order valence-electron chi connectivity index (χ4n) is 2.97. The molecule has 3 aromatic heterocycles. The molecular formula is C19H17N5O2S. The number of benzene rings is 1. The Morgan fingerprint density at radius 3 is 2.78 bits per heavy atom. The number of nitrogens with zero attached hydrogens (tertiary/aromatic N) is 4. The molecule has 0 aliphatic rings. The lowest BCUT2D eigenvalue weighted by Gasteiger charge is -2.19. The van der Waals surface area contributed by atoms with E-state index in [1.165, 1.54) is 22.2 Å². The van der Waals surface area contributed by atoms with Gasteiger partial charge in [-0.1, -0.05) is 30.3 Å². The van der Waals surface area contributed by atoms with Crippen LogP contribution in [0.2, 0.25) is 0 Å². The number of nitrogens with one attached hydrogen (secondary N) is 1. The van der Waals surface area contributed by atoms with Gasteiger partial charge in [0.05, 0.1) is 11.7 Å². The number of hydrogen-bond acceptors (Lipinski definition) is 5. The number of fused-ring (bicyclic) bond motifs is 1. The molecule has 0 spiro atoms. The summed E-state index contributed by atoms with van der Waals surface area (Å²) in [6.45, 7) is -0.106. The van der Waals surface area contributed by atoms with Gasteiger partial charge in [-0.05, 0) is 17.0 Å². The van der Waals surface area contributed by atoms with Crippen LogP contribution < -0.4 is 10.9 Å².